The summed E-state index contributed by atoms with van der Waals surface area (Å²) in [5, 5.41) is 12.0. The van der Waals surface area contributed by atoms with E-state index in [4.69, 9.17) is 21.4 Å². The lowest BCUT2D eigenvalue weighted by Gasteiger charge is -2.16. The molecule has 1 aromatic heterocycles. The second-order valence-corrected chi connectivity index (χ2v) is 8.23. The minimum atomic E-state index is -0.966. The molecule has 1 saturated heterocycles. The number of aromatic nitrogens is 1. The van der Waals surface area contributed by atoms with Crippen LogP contribution in [-0.2, 0) is 0 Å². The quantitative estimate of drug-likeness (QED) is 0.528. The maximum Gasteiger partial charge on any atom is 0.404 e. The Hall–Kier alpha value is -3.53. The molecule has 4 rings (SSSR count). The van der Waals surface area contributed by atoms with Crippen molar-refractivity contribution >= 4 is 17.7 Å². The van der Waals surface area contributed by atoms with E-state index in [1.807, 2.05) is 66.9 Å². The molecule has 1 aliphatic rings. The molecule has 2 N–H and O–H groups in total. The van der Waals surface area contributed by atoms with E-state index in [0.717, 1.165) is 48.5 Å². The summed E-state index contributed by atoms with van der Waals surface area (Å²) in [4.78, 5) is 17.4. The van der Waals surface area contributed by atoms with Gasteiger partial charge in [0.1, 0.15) is 18.1 Å². The second kappa shape index (κ2) is 10.9. The molecular formula is C26H24ClN3O3. The third kappa shape index (κ3) is 6.72. The van der Waals surface area contributed by atoms with Crippen molar-refractivity contribution in [3.05, 3.63) is 83.1 Å². The molecule has 0 bridgehead atoms. The van der Waals surface area contributed by atoms with Crippen LogP contribution in [0.1, 0.15) is 17.7 Å². The smallest absolute Gasteiger partial charge is 0.404 e. The van der Waals surface area contributed by atoms with E-state index < -0.39 is 6.09 Å². The van der Waals surface area contributed by atoms with Crippen LogP contribution < -0.4 is 10.1 Å². The van der Waals surface area contributed by atoms with Crippen molar-refractivity contribution in [2.75, 3.05) is 26.2 Å². The third-order valence-corrected chi connectivity index (χ3v) is 5.66. The van der Waals surface area contributed by atoms with Gasteiger partial charge in [-0.25, -0.2) is 9.78 Å². The van der Waals surface area contributed by atoms with E-state index in [0.29, 0.717) is 17.3 Å². The number of nitrogens with one attached hydrogen (secondary N) is 1. The molecule has 0 aliphatic carbocycles. The van der Waals surface area contributed by atoms with E-state index in [1.165, 1.54) is 0 Å². The molecule has 6 nitrogen and oxygen atoms in total. The molecule has 1 unspecified atom stereocenters. The number of pyridine rings is 1. The van der Waals surface area contributed by atoms with Crippen LogP contribution in [0.15, 0.2) is 66.9 Å². The summed E-state index contributed by atoms with van der Waals surface area (Å²) in [6.45, 7) is 2.90. The van der Waals surface area contributed by atoms with Crippen LogP contribution in [0.4, 0.5) is 4.79 Å². The van der Waals surface area contributed by atoms with Crippen LogP contribution in [0.25, 0.3) is 11.1 Å². The summed E-state index contributed by atoms with van der Waals surface area (Å²) in [5.74, 6) is 7.00. The van der Waals surface area contributed by atoms with E-state index in [-0.39, 0.29) is 6.04 Å². The van der Waals surface area contributed by atoms with Gasteiger partial charge in [-0.3, -0.25) is 4.90 Å². The highest BCUT2D eigenvalue weighted by atomic mass is 35.5. The molecule has 0 spiro atoms. The SMILES string of the molecule is O=C(O)NC1CCN(CCOc2ccc(C#Cc3ccc(-c4ccc(Cl)cc4)cn3)cc2)C1. The fourth-order valence-corrected chi connectivity index (χ4v) is 3.80. The summed E-state index contributed by atoms with van der Waals surface area (Å²) in [7, 11) is 0. The first-order valence-corrected chi connectivity index (χ1v) is 11.1. The summed E-state index contributed by atoms with van der Waals surface area (Å²) in [5.41, 5.74) is 3.66. The van der Waals surface area contributed by atoms with Gasteiger partial charge in [-0.2, -0.15) is 0 Å². The topological polar surface area (TPSA) is 74.7 Å². The van der Waals surface area contributed by atoms with Crippen LogP contribution in [0.2, 0.25) is 5.02 Å². The molecule has 33 heavy (non-hydrogen) atoms. The van der Waals surface area contributed by atoms with E-state index in [1.54, 1.807) is 0 Å². The fourth-order valence-electron chi connectivity index (χ4n) is 3.67. The molecule has 1 atom stereocenters. The predicted octanol–water partition coefficient (Wildman–Crippen LogP) is 4.52. The number of halogens is 1. The van der Waals surface area contributed by atoms with Crippen molar-refractivity contribution in [3.8, 4) is 28.7 Å². The Bertz CT molecular complexity index is 1140. The van der Waals surface area contributed by atoms with Crippen molar-refractivity contribution in [1.29, 1.82) is 0 Å². The summed E-state index contributed by atoms with van der Waals surface area (Å²) < 4.78 is 5.82. The third-order valence-electron chi connectivity index (χ3n) is 5.41. The average Bonchev–Trinajstić information content (AvgIpc) is 3.26. The Balaban J connectivity index is 1.25. The molecule has 0 radical (unpaired) electrons. The Morgan fingerprint density at radius 1 is 1.09 bits per heavy atom. The Kier molecular flexibility index (Phi) is 7.46. The van der Waals surface area contributed by atoms with Crippen LogP contribution in [0, 0.1) is 11.8 Å². The molecule has 1 amide bonds. The molecular weight excluding hydrogens is 438 g/mol. The van der Waals surface area contributed by atoms with Crippen LogP contribution in [0.3, 0.4) is 0 Å². The fraction of sp³-hybridized carbons (Fsp3) is 0.231. The lowest BCUT2D eigenvalue weighted by atomic mass is 10.1. The number of hydrogen-bond donors (Lipinski definition) is 2. The minimum absolute atomic E-state index is 0.00323. The molecule has 7 heteroatoms. The lowest BCUT2D eigenvalue weighted by molar-refractivity contribution is 0.188. The van der Waals surface area contributed by atoms with Gasteiger partial charge in [0, 0.05) is 48.0 Å². The Labute approximate surface area is 198 Å². The van der Waals surface area contributed by atoms with Crippen LogP contribution in [0.5, 0.6) is 5.75 Å². The zero-order valence-corrected chi connectivity index (χ0v) is 18.8. The van der Waals surface area contributed by atoms with Gasteiger partial charge in [0.2, 0.25) is 0 Å². The number of carboxylic acid groups (broad SMARTS) is 1. The zero-order chi connectivity index (χ0) is 23.0. The molecule has 2 heterocycles. The number of carbonyl (C=O) groups is 1. The first-order chi connectivity index (χ1) is 16.0. The molecule has 0 saturated carbocycles. The number of ether oxygens (including phenoxy) is 1. The Morgan fingerprint density at radius 2 is 1.85 bits per heavy atom. The van der Waals surface area contributed by atoms with Gasteiger partial charge in [-0.15, -0.1) is 0 Å². The largest absolute Gasteiger partial charge is 0.492 e. The van der Waals surface area contributed by atoms with Gasteiger partial charge in [-0.1, -0.05) is 35.7 Å². The number of nitrogens with zero attached hydrogens (tertiary/aromatic N) is 2. The molecule has 1 fully saturated rings. The van der Waals surface area contributed by atoms with E-state index in [9.17, 15) is 4.79 Å². The van der Waals surface area contributed by atoms with Gasteiger partial charge >= 0.3 is 6.09 Å². The van der Waals surface area contributed by atoms with Gasteiger partial charge in [0.25, 0.3) is 0 Å². The number of hydrogen-bond acceptors (Lipinski definition) is 4. The number of benzene rings is 2. The standard InChI is InChI=1S/C26H24ClN3O3/c27-22-7-4-20(5-8-22)21-6-10-23(28-17-21)9-1-19-2-11-25(12-3-19)33-16-15-30-14-13-24(18-30)29-26(31)32/h2-8,10-12,17,24,29H,13-16,18H2,(H,31,32). The predicted molar refractivity (Wildman–Crippen MR) is 129 cm³/mol. The highest BCUT2D eigenvalue weighted by Crippen LogP contribution is 2.20. The maximum atomic E-state index is 10.7. The monoisotopic (exact) mass is 461 g/mol. The molecule has 168 valence electrons. The Morgan fingerprint density at radius 3 is 2.55 bits per heavy atom. The summed E-state index contributed by atoms with van der Waals surface area (Å²) in [6.07, 6.45) is 1.68. The van der Waals surface area contributed by atoms with Crippen molar-refractivity contribution in [3.63, 3.8) is 0 Å². The van der Waals surface area contributed by atoms with Gasteiger partial charge in [0.05, 0.1) is 0 Å². The molecule has 1 aliphatic heterocycles. The average molecular weight is 462 g/mol. The van der Waals surface area contributed by atoms with E-state index in [2.05, 4.69) is 27.0 Å². The van der Waals surface area contributed by atoms with Crippen molar-refractivity contribution < 1.29 is 14.6 Å². The van der Waals surface area contributed by atoms with Crippen LogP contribution >= 0.6 is 11.6 Å². The van der Waals surface area contributed by atoms with Crippen molar-refractivity contribution in [2.45, 2.75) is 12.5 Å². The summed E-state index contributed by atoms with van der Waals surface area (Å²) in [6, 6.07) is 19.2. The van der Waals surface area contributed by atoms with Crippen molar-refractivity contribution in [1.82, 2.24) is 15.2 Å². The van der Waals surface area contributed by atoms with Gasteiger partial charge in [0.15, 0.2) is 0 Å². The molecule has 2 aromatic carbocycles. The minimum Gasteiger partial charge on any atom is -0.492 e. The highest BCUT2D eigenvalue weighted by molar-refractivity contribution is 6.30. The normalized spacial score (nSPS) is 15.5. The summed E-state index contributed by atoms with van der Waals surface area (Å²) >= 11 is 5.94. The van der Waals surface area contributed by atoms with Crippen molar-refractivity contribution in [2.24, 2.45) is 0 Å². The number of rotatable bonds is 6. The number of likely N-dealkylation sites (tertiary alicyclic amines) is 1. The molecule has 3 aromatic rings. The van der Waals surface area contributed by atoms with Crippen LogP contribution in [-0.4, -0.2) is 53.4 Å². The highest BCUT2D eigenvalue weighted by Gasteiger charge is 2.23. The first kappa shape index (κ1) is 22.7. The number of amides is 1. The van der Waals surface area contributed by atoms with E-state index >= 15 is 0 Å². The van der Waals surface area contributed by atoms with Gasteiger partial charge in [-0.05, 0) is 60.4 Å². The maximum absolute atomic E-state index is 10.7. The second-order valence-electron chi connectivity index (χ2n) is 7.80. The van der Waals surface area contributed by atoms with Gasteiger partial charge < -0.3 is 15.2 Å². The first-order valence-electron chi connectivity index (χ1n) is 10.7. The lowest BCUT2D eigenvalue weighted by Crippen LogP contribution is -2.36. The zero-order valence-electron chi connectivity index (χ0n) is 18.0.